The van der Waals surface area contributed by atoms with Crippen LogP contribution in [0.15, 0.2) is 53.0 Å². The van der Waals surface area contributed by atoms with Gasteiger partial charge in [-0.05, 0) is 24.6 Å². The number of hydrogen-bond donors (Lipinski definition) is 1. The zero-order chi connectivity index (χ0) is 21.9. The number of thiazole rings is 1. The molecule has 10 heteroatoms. The average molecular weight is 456 g/mol. The van der Waals surface area contributed by atoms with E-state index in [1.807, 2.05) is 0 Å². The summed E-state index contributed by atoms with van der Waals surface area (Å²) in [6.07, 6.45) is -3.50. The molecule has 1 aromatic heterocycles. The van der Waals surface area contributed by atoms with Crippen LogP contribution in [0.5, 0.6) is 0 Å². The van der Waals surface area contributed by atoms with Crippen molar-refractivity contribution in [2.75, 3.05) is 0 Å². The van der Waals surface area contributed by atoms with Gasteiger partial charge in [0.2, 0.25) is 5.01 Å². The summed E-state index contributed by atoms with van der Waals surface area (Å²) in [6.45, 7) is 4.18. The standard InChI is InChI=1S/C20H17ClF3N3O2S/c1-12-9-16(13-4-6-14(21)7-5-13)26-17(3-2-8-20(22,23)24)27(12)10-15-11-30-18(25-15)19(28)29/h4-7,9,11H,1-3,8,10H2,(H,28,29). The van der Waals surface area contributed by atoms with Crippen LogP contribution in [0.1, 0.15) is 40.3 Å². The van der Waals surface area contributed by atoms with Gasteiger partial charge >= 0.3 is 12.1 Å². The fourth-order valence-electron chi connectivity index (χ4n) is 2.87. The van der Waals surface area contributed by atoms with Crippen LogP contribution in [-0.2, 0) is 6.54 Å². The molecule has 1 aromatic carbocycles. The minimum Gasteiger partial charge on any atom is -0.476 e. The molecule has 0 bridgehead atoms. The minimum absolute atomic E-state index is 0.0550. The van der Waals surface area contributed by atoms with E-state index in [4.69, 9.17) is 16.7 Å². The Morgan fingerprint density at radius 1 is 1.27 bits per heavy atom. The van der Waals surface area contributed by atoms with E-state index in [2.05, 4.69) is 16.6 Å². The molecule has 0 aliphatic carbocycles. The number of carbonyl (C=O) groups is 1. The number of halogens is 4. The predicted octanol–water partition coefficient (Wildman–Crippen LogP) is 6.00. The molecule has 0 saturated heterocycles. The third-order valence-corrected chi connectivity index (χ3v) is 5.40. The molecule has 1 aliphatic heterocycles. The molecule has 2 aromatic rings. The number of carboxylic acid groups (broad SMARTS) is 1. The third kappa shape index (κ3) is 5.70. The van der Waals surface area contributed by atoms with Gasteiger partial charge < -0.3 is 10.0 Å². The van der Waals surface area contributed by atoms with Crippen molar-refractivity contribution >= 4 is 40.4 Å². The quantitative estimate of drug-likeness (QED) is 0.556. The second-order valence-corrected chi connectivity index (χ2v) is 7.85. The number of aliphatic imine (C=N–C) groups is 1. The topological polar surface area (TPSA) is 65.8 Å². The maximum absolute atomic E-state index is 12.6. The van der Waals surface area contributed by atoms with Crippen LogP contribution >= 0.6 is 22.9 Å². The lowest BCUT2D eigenvalue weighted by Gasteiger charge is -2.30. The molecule has 1 N–H and O–H groups in total. The minimum atomic E-state index is -4.25. The molecular formula is C20H17ClF3N3O2S. The maximum atomic E-state index is 12.6. The van der Waals surface area contributed by atoms with E-state index in [0.717, 1.165) is 16.9 Å². The highest BCUT2D eigenvalue weighted by atomic mass is 35.5. The summed E-state index contributed by atoms with van der Waals surface area (Å²) in [4.78, 5) is 21.3. The van der Waals surface area contributed by atoms with Gasteiger partial charge in [0.1, 0.15) is 5.84 Å². The normalized spacial score (nSPS) is 14.5. The first-order valence-corrected chi connectivity index (χ1v) is 10.1. The molecule has 158 valence electrons. The van der Waals surface area contributed by atoms with Crippen molar-refractivity contribution in [3.63, 3.8) is 0 Å². The SMILES string of the molecule is C=C1C=C(c2ccc(Cl)cc2)N=C(CCCC(F)(F)F)N1Cc1csc(C(=O)O)n1. The number of hydrogen-bond acceptors (Lipinski definition) is 5. The Hall–Kier alpha value is -2.65. The summed E-state index contributed by atoms with van der Waals surface area (Å²) < 4.78 is 37.9. The Balaban J connectivity index is 1.86. The monoisotopic (exact) mass is 455 g/mol. The number of carboxylic acids is 1. The number of allylic oxidation sites excluding steroid dienone is 1. The van der Waals surface area contributed by atoms with Gasteiger partial charge in [-0.1, -0.05) is 30.3 Å². The Bertz CT molecular complexity index is 1010. The molecule has 5 nitrogen and oxygen atoms in total. The van der Waals surface area contributed by atoms with Crippen LogP contribution < -0.4 is 0 Å². The molecule has 0 spiro atoms. The first kappa shape index (κ1) is 22.0. The molecule has 3 rings (SSSR count). The van der Waals surface area contributed by atoms with Gasteiger partial charge in [-0.15, -0.1) is 11.3 Å². The largest absolute Gasteiger partial charge is 0.476 e. The van der Waals surface area contributed by atoms with Gasteiger partial charge in [-0.3, -0.25) is 0 Å². The van der Waals surface area contributed by atoms with E-state index in [0.29, 0.717) is 27.9 Å². The molecule has 0 radical (unpaired) electrons. The van der Waals surface area contributed by atoms with E-state index in [9.17, 15) is 18.0 Å². The number of rotatable bonds is 7. The predicted molar refractivity (Wildman–Crippen MR) is 111 cm³/mol. The zero-order valence-electron chi connectivity index (χ0n) is 15.6. The van der Waals surface area contributed by atoms with Gasteiger partial charge in [-0.25, -0.2) is 14.8 Å². The highest BCUT2D eigenvalue weighted by Gasteiger charge is 2.28. The second kappa shape index (κ2) is 9.01. The average Bonchev–Trinajstić information content (AvgIpc) is 3.13. The molecular weight excluding hydrogens is 439 g/mol. The highest BCUT2D eigenvalue weighted by molar-refractivity contribution is 7.11. The van der Waals surface area contributed by atoms with Gasteiger partial charge in [0.25, 0.3) is 0 Å². The van der Waals surface area contributed by atoms with Crippen molar-refractivity contribution in [2.24, 2.45) is 4.99 Å². The van der Waals surface area contributed by atoms with Gasteiger partial charge in [-0.2, -0.15) is 13.2 Å². The van der Waals surface area contributed by atoms with Gasteiger partial charge in [0, 0.05) is 34.5 Å². The van der Waals surface area contributed by atoms with Crippen molar-refractivity contribution in [3.05, 3.63) is 69.3 Å². The van der Waals surface area contributed by atoms with Crippen molar-refractivity contribution in [1.82, 2.24) is 9.88 Å². The summed E-state index contributed by atoms with van der Waals surface area (Å²) in [5, 5.41) is 11.2. The highest BCUT2D eigenvalue weighted by Crippen LogP contribution is 2.30. The zero-order valence-corrected chi connectivity index (χ0v) is 17.2. The van der Waals surface area contributed by atoms with E-state index in [1.54, 1.807) is 40.6 Å². The lowest BCUT2D eigenvalue weighted by Crippen LogP contribution is -2.31. The Labute approximate surface area is 179 Å². The van der Waals surface area contributed by atoms with Crippen molar-refractivity contribution < 1.29 is 23.1 Å². The molecule has 30 heavy (non-hydrogen) atoms. The van der Waals surface area contributed by atoms with E-state index in [1.165, 1.54) is 0 Å². The first-order chi connectivity index (χ1) is 14.1. The lowest BCUT2D eigenvalue weighted by atomic mass is 10.1. The molecule has 0 amide bonds. The number of alkyl halides is 3. The number of aromatic carboxylic acids is 1. The fourth-order valence-corrected chi connectivity index (χ4v) is 3.64. The van der Waals surface area contributed by atoms with Crippen LogP contribution in [0.2, 0.25) is 5.02 Å². The molecule has 0 fully saturated rings. The fraction of sp³-hybridized carbons (Fsp3) is 0.250. The van der Waals surface area contributed by atoms with Crippen molar-refractivity contribution in [2.45, 2.75) is 32.0 Å². The number of nitrogens with zero attached hydrogens (tertiary/aromatic N) is 3. The number of aromatic nitrogens is 1. The van der Waals surface area contributed by atoms with Gasteiger partial charge in [0.05, 0.1) is 17.9 Å². The molecule has 0 atom stereocenters. The summed E-state index contributed by atoms with van der Waals surface area (Å²) in [7, 11) is 0. The number of amidine groups is 1. The molecule has 0 saturated carbocycles. The molecule has 0 unspecified atom stereocenters. The Morgan fingerprint density at radius 2 is 1.97 bits per heavy atom. The van der Waals surface area contributed by atoms with Crippen LogP contribution in [0.4, 0.5) is 13.2 Å². The van der Waals surface area contributed by atoms with Crippen molar-refractivity contribution in [1.29, 1.82) is 0 Å². The van der Waals surface area contributed by atoms with Crippen molar-refractivity contribution in [3.8, 4) is 0 Å². The van der Waals surface area contributed by atoms with E-state index >= 15 is 0 Å². The van der Waals surface area contributed by atoms with Crippen LogP contribution in [0.3, 0.4) is 0 Å². The summed E-state index contributed by atoms with van der Waals surface area (Å²) in [5.74, 6) is -0.714. The third-order valence-electron chi connectivity index (χ3n) is 4.27. The summed E-state index contributed by atoms with van der Waals surface area (Å²) >= 11 is 6.91. The lowest BCUT2D eigenvalue weighted by molar-refractivity contribution is -0.135. The second-order valence-electron chi connectivity index (χ2n) is 6.56. The number of benzene rings is 1. The molecule has 2 heterocycles. The van der Waals surface area contributed by atoms with Crippen LogP contribution in [0.25, 0.3) is 5.70 Å². The van der Waals surface area contributed by atoms with E-state index < -0.39 is 18.6 Å². The molecule has 1 aliphatic rings. The van der Waals surface area contributed by atoms with Crippen LogP contribution in [-0.4, -0.2) is 33.0 Å². The Kier molecular flexibility index (Phi) is 6.62. The summed E-state index contributed by atoms with van der Waals surface area (Å²) in [6, 6.07) is 6.95. The van der Waals surface area contributed by atoms with Crippen LogP contribution in [0, 0.1) is 0 Å². The van der Waals surface area contributed by atoms with Gasteiger partial charge in [0.15, 0.2) is 0 Å². The smallest absolute Gasteiger partial charge is 0.389 e. The first-order valence-electron chi connectivity index (χ1n) is 8.88. The Morgan fingerprint density at radius 3 is 2.57 bits per heavy atom. The van der Waals surface area contributed by atoms with E-state index in [-0.39, 0.29) is 24.4 Å². The summed E-state index contributed by atoms with van der Waals surface area (Å²) in [5.41, 5.74) is 2.34. The maximum Gasteiger partial charge on any atom is 0.389 e.